The van der Waals surface area contributed by atoms with Crippen LogP contribution in [0, 0.1) is 0 Å². The van der Waals surface area contributed by atoms with Crippen molar-refractivity contribution in [1.29, 1.82) is 0 Å². The van der Waals surface area contributed by atoms with Crippen LogP contribution in [-0.4, -0.2) is 28.7 Å². The number of pyridine rings is 1. The van der Waals surface area contributed by atoms with Crippen LogP contribution in [0.15, 0.2) is 24.5 Å². The summed E-state index contributed by atoms with van der Waals surface area (Å²) >= 11 is 1.58. The monoisotopic (exact) mass is 305 g/mol. The summed E-state index contributed by atoms with van der Waals surface area (Å²) in [5.74, 6) is 0. The molecule has 0 spiro atoms. The molecule has 2 aromatic heterocycles. The predicted molar refractivity (Wildman–Crippen MR) is 87.9 cm³/mol. The van der Waals surface area contributed by atoms with Gasteiger partial charge >= 0.3 is 0 Å². The Kier molecular flexibility index (Phi) is 4.96. The minimum atomic E-state index is -0.0429. The molecule has 0 saturated carbocycles. The van der Waals surface area contributed by atoms with Crippen LogP contribution in [0.25, 0.3) is 0 Å². The van der Waals surface area contributed by atoms with Crippen molar-refractivity contribution in [1.82, 2.24) is 9.97 Å². The van der Waals surface area contributed by atoms with Crippen molar-refractivity contribution in [3.63, 3.8) is 0 Å². The zero-order valence-electron chi connectivity index (χ0n) is 13.1. The molecule has 0 bridgehead atoms. The number of anilines is 1. The van der Waals surface area contributed by atoms with E-state index in [1.807, 2.05) is 31.6 Å². The van der Waals surface area contributed by atoms with Gasteiger partial charge in [0, 0.05) is 31.4 Å². The molecule has 0 radical (unpaired) electrons. The van der Waals surface area contributed by atoms with Crippen molar-refractivity contribution >= 4 is 16.5 Å². The van der Waals surface area contributed by atoms with Crippen LogP contribution >= 0.6 is 11.3 Å². The van der Waals surface area contributed by atoms with E-state index in [2.05, 4.69) is 30.7 Å². The lowest BCUT2D eigenvalue weighted by Crippen LogP contribution is -2.21. The number of rotatable bonds is 5. The summed E-state index contributed by atoms with van der Waals surface area (Å²) in [6, 6.07) is 4.07. The summed E-state index contributed by atoms with van der Waals surface area (Å²) in [6.07, 6.45) is 4.60. The van der Waals surface area contributed by atoms with Crippen LogP contribution in [0.5, 0.6) is 0 Å². The van der Waals surface area contributed by atoms with Gasteiger partial charge in [0.1, 0.15) is 0 Å². The molecular formula is C16H23N3OS. The molecule has 0 unspecified atom stereocenters. The smallest absolute Gasteiger partial charge is 0.185 e. The summed E-state index contributed by atoms with van der Waals surface area (Å²) < 4.78 is 0. The maximum Gasteiger partial charge on any atom is 0.185 e. The highest BCUT2D eigenvalue weighted by Crippen LogP contribution is 2.33. The second-order valence-corrected chi connectivity index (χ2v) is 7.27. The number of hydrogen-bond donors (Lipinski definition) is 1. The van der Waals surface area contributed by atoms with Gasteiger partial charge in [0.05, 0.1) is 17.2 Å². The molecule has 0 saturated heterocycles. The second kappa shape index (κ2) is 6.54. The molecule has 2 heterocycles. The third-order valence-electron chi connectivity index (χ3n) is 3.35. The molecule has 0 aliphatic carbocycles. The zero-order chi connectivity index (χ0) is 15.5. The van der Waals surface area contributed by atoms with Crippen LogP contribution in [-0.2, 0) is 18.4 Å². The number of nitrogens with zero attached hydrogens (tertiary/aromatic N) is 3. The third kappa shape index (κ3) is 4.02. The molecule has 5 heteroatoms. The first kappa shape index (κ1) is 15.9. The Labute approximate surface area is 130 Å². The molecule has 0 aromatic carbocycles. The normalized spacial score (nSPS) is 11.7. The van der Waals surface area contributed by atoms with Crippen molar-refractivity contribution in [2.24, 2.45) is 0 Å². The molecule has 0 amide bonds. The van der Waals surface area contributed by atoms with Crippen molar-refractivity contribution in [3.05, 3.63) is 40.7 Å². The summed E-state index contributed by atoms with van der Waals surface area (Å²) in [4.78, 5) is 11.9. The fraction of sp³-hybridized carbons (Fsp3) is 0.500. The van der Waals surface area contributed by atoms with E-state index in [4.69, 9.17) is 4.98 Å². The average Bonchev–Trinajstić information content (AvgIpc) is 2.90. The molecule has 2 rings (SSSR count). The zero-order valence-corrected chi connectivity index (χ0v) is 13.9. The molecule has 0 aliphatic heterocycles. The Bertz CT molecular complexity index is 575. The van der Waals surface area contributed by atoms with E-state index in [0.29, 0.717) is 0 Å². The number of likely N-dealkylation sites (N-methyl/N-ethyl adjacent to an activating group) is 1. The van der Waals surface area contributed by atoms with E-state index < -0.39 is 0 Å². The molecule has 2 aromatic rings. The van der Waals surface area contributed by atoms with Gasteiger partial charge in [0.25, 0.3) is 0 Å². The van der Waals surface area contributed by atoms with Gasteiger partial charge in [-0.3, -0.25) is 4.98 Å². The minimum absolute atomic E-state index is 0.0429. The van der Waals surface area contributed by atoms with Gasteiger partial charge in [0.15, 0.2) is 5.13 Å². The molecule has 1 N–H and O–H groups in total. The van der Waals surface area contributed by atoms with Crippen LogP contribution in [0.2, 0.25) is 0 Å². The SMILES string of the molecule is CN(CCc1ccncc1)c1nc(C(C)(C)C)c(CO)s1. The average molecular weight is 305 g/mol. The maximum absolute atomic E-state index is 9.53. The van der Waals surface area contributed by atoms with Crippen LogP contribution in [0.1, 0.15) is 36.9 Å². The highest BCUT2D eigenvalue weighted by molar-refractivity contribution is 7.15. The summed E-state index contributed by atoms with van der Waals surface area (Å²) in [5, 5.41) is 10.5. The van der Waals surface area contributed by atoms with Gasteiger partial charge in [0.2, 0.25) is 0 Å². The standard InChI is InChI=1S/C16H23N3OS/c1-16(2,3)14-13(11-20)21-15(18-14)19(4)10-7-12-5-8-17-9-6-12/h5-6,8-9,20H,7,10-11H2,1-4H3. The number of aromatic nitrogens is 2. The largest absolute Gasteiger partial charge is 0.391 e. The van der Waals surface area contributed by atoms with Crippen LogP contribution in [0.3, 0.4) is 0 Å². The Morgan fingerprint density at radius 2 is 1.90 bits per heavy atom. The molecule has 4 nitrogen and oxygen atoms in total. The van der Waals surface area contributed by atoms with Crippen molar-refractivity contribution in [2.75, 3.05) is 18.5 Å². The summed E-state index contributed by atoms with van der Waals surface area (Å²) in [7, 11) is 2.05. The summed E-state index contributed by atoms with van der Waals surface area (Å²) in [5.41, 5.74) is 2.23. The van der Waals surface area contributed by atoms with E-state index in [1.54, 1.807) is 11.3 Å². The van der Waals surface area contributed by atoms with Crippen LogP contribution < -0.4 is 4.90 Å². The maximum atomic E-state index is 9.53. The lowest BCUT2D eigenvalue weighted by Gasteiger charge is -2.18. The van der Waals surface area contributed by atoms with Gasteiger partial charge < -0.3 is 10.0 Å². The molecule has 0 fully saturated rings. The topological polar surface area (TPSA) is 49.2 Å². The lowest BCUT2D eigenvalue weighted by atomic mass is 9.91. The third-order valence-corrected chi connectivity index (χ3v) is 4.51. The van der Waals surface area contributed by atoms with Gasteiger partial charge in [-0.25, -0.2) is 4.98 Å². The number of aliphatic hydroxyl groups excluding tert-OH is 1. The first-order chi connectivity index (χ1) is 9.91. The Morgan fingerprint density at radius 3 is 2.43 bits per heavy atom. The summed E-state index contributed by atoms with van der Waals surface area (Å²) in [6.45, 7) is 7.33. The van der Waals surface area contributed by atoms with E-state index in [9.17, 15) is 5.11 Å². The lowest BCUT2D eigenvalue weighted by molar-refractivity contribution is 0.282. The molecular weight excluding hydrogens is 282 g/mol. The number of hydrogen-bond acceptors (Lipinski definition) is 5. The Morgan fingerprint density at radius 1 is 1.24 bits per heavy atom. The Hall–Kier alpha value is -1.46. The molecule has 114 valence electrons. The van der Waals surface area contributed by atoms with Gasteiger partial charge in [-0.1, -0.05) is 32.1 Å². The number of thiazole rings is 1. The van der Waals surface area contributed by atoms with Crippen molar-refractivity contribution < 1.29 is 5.11 Å². The fourth-order valence-corrected chi connectivity index (χ4v) is 3.26. The first-order valence-electron chi connectivity index (χ1n) is 7.13. The van der Waals surface area contributed by atoms with E-state index >= 15 is 0 Å². The quantitative estimate of drug-likeness (QED) is 0.922. The highest BCUT2D eigenvalue weighted by Gasteiger charge is 2.23. The highest BCUT2D eigenvalue weighted by atomic mass is 32.1. The molecule has 0 atom stereocenters. The van der Waals surface area contributed by atoms with E-state index in [-0.39, 0.29) is 12.0 Å². The predicted octanol–water partition coefficient (Wildman–Crippen LogP) is 3.01. The van der Waals surface area contributed by atoms with Gasteiger partial charge in [-0.05, 0) is 24.1 Å². The molecule has 21 heavy (non-hydrogen) atoms. The van der Waals surface area contributed by atoms with Gasteiger partial charge in [-0.2, -0.15) is 0 Å². The first-order valence-corrected chi connectivity index (χ1v) is 7.94. The fourth-order valence-electron chi connectivity index (χ4n) is 2.14. The Balaban J connectivity index is 2.09. The van der Waals surface area contributed by atoms with Gasteiger partial charge in [-0.15, -0.1) is 0 Å². The number of aliphatic hydroxyl groups is 1. The minimum Gasteiger partial charge on any atom is -0.391 e. The van der Waals surface area contributed by atoms with E-state index in [0.717, 1.165) is 28.7 Å². The van der Waals surface area contributed by atoms with Crippen molar-refractivity contribution in [2.45, 2.75) is 39.2 Å². The van der Waals surface area contributed by atoms with E-state index in [1.165, 1.54) is 5.56 Å². The van der Waals surface area contributed by atoms with Crippen LogP contribution in [0.4, 0.5) is 5.13 Å². The molecule has 0 aliphatic rings. The van der Waals surface area contributed by atoms with Crippen molar-refractivity contribution in [3.8, 4) is 0 Å². The second-order valence-electron chi connectivity index (χ2n) is 6.20.